The Kier molecular flexibility index (Phi) is 6.85. The molecule has 2 atom stereocenters. The van der Waals surface area contributed by atoms with E-state index in [9.17, 15) is 18.0 Å². The smallest absolute Gasteiger partial charge is 0.344 e. The summed E-state index contributed by atoms with van der Waals surface area (Å²) in [5.74, 6) is -0.548. The number of nitrogens with zero attached hydrogens (tertiary/aromatic N) is 1. The molecule has 0 bridgehead atoms. The quantitative estimate of drug-likeness (QED) is 0.644. The summed E-state index contributed by atoms with van der Waals surface area (Å²) in [6, 6.07) is 12.9. The number of alkyl halides is 3. The summed E-state index contributed by atoms with van der Waals surface area (Å²) >= 11 is 5.67. The summed E-state index contributed by atoms with van der Waals surface area (Å²) in [5.41, 5.74) is -0.141. The average molecular weight is 425 g/mol. The number of likely N-dealkylation sites (tertiary alicyclic amines) is 1. The summed E-state index contributed by atoms with van der Waals surface area (Å²) in [4.78, 5) is 15.2. The molecule has 0 aliphatic carbocycles. The number of nitrogens with one attached hydrogen (secondary N) is 1. The summed E-state index contributed by atoms with van der Waals surface area (Å²) in [6.07, 6.45) is -1.35. The summed E-state index contributed by atoms with van der Waals surface area (Å²) < 4.78 is 39.4. The monoisotopic (exact) mass is 424 g/mol. The zero-order valence-corrected chi connectivity index (χ0v) is 16.9. The van der Waals surface area contributed by atoms with Crippen molar-refractivity contribution in [1.29, 1.82) is 0 Å². The van der Waals surface area contributed by atoms with Crippen molar-refractivity contribution in [2.24, 2.45) is 0 Å². The van der Waals surface area contributed by atoms with Gasteiger partial charge in [0, 0.05) is 18.2 Å². The van der Waals surface area contributed by atoms with E-state index >= 15 is 0 Å². The van der Waals surface area contributed by atoms with Crippen LogP contribution in [-0.2, 0) is 6.18 Å². The van der Waals surface area contributed by atoms with E-state index in [0.29, 0.717) is 12.6 Å². The lowest BCUT2D eigenvalue weighted by Crippen LogP contribution is -2.40. The molecule has 1 fully saturated rings. The van der Waals surface area contributed by atoms with E-state index in [4.69, 9.17) is 11.6 Å². The van der Waals surface area contributed by atoms with E-state index < -0.39 is 22.7 Å². The first-order valence-electron chi connectivity index (χ1n) is 9.76. The third-order valence-corrected chi connectivity index (χ3v) is 5.76. The van der Waals surface area contributed by atoms with Crippen LogP contribution in [0.3, 0.4) is 0 Å². The van der Waals surface area contributed by atoms with Crippen molar-refractivity contribution in [2.75, 3.05) is 13.1 Å². The number of carbonyl (C=O) groups excluding carboxylic acids is 1. The van der Waals surface area contributed by atoms with Crippen LogP contribution in [0.2, 0.25) is 5.02 Å². The molecule has 1 aliphatic rings. The van der Waals surface area contributed by atoms with Crippen LogP contribution in [0.5, 0.6) is 0 Å². The summed E-state index contributed by atoms with van der Waals surface area (Å²) in [5, 5.41) is 2.51. The highest BCUT2D eigenvalue weighted by atomic mass is 35.5. The molecule has 2 aromatic rings. The Morgan fingerprint density at radius 1 is 1.24 bits per heavy atom. The number of benzene rings is 2. The van der Waals surface area contributed by atoms with Gasteiger partial charge in [-0.25, -0.2) is 0 Å². The molecule has 7 heteroatoms. The largest absolute Gasteiger partial charge is 0.417 e. The van der Waals surface area contributed by atoms with E-state index in [1.807, 2.05) is 30.3 Å². The van der Waals surface area contributed by atoms with Crippen molar-refractivity contribution in [3.63, 3.8) is 0 Å². The molecule has 0 spiro atoms. The van der Waals surface area contributed by atoms with Crippen LogP contribution in [0.4, 0.5) is 13.2 Å². The lowest BCUT2D eigenvalue weighted by atomic mass is 10.0. The first kappa shape index (κ1) is 21.7. The Balaban J connectivity index is 1.83. The highest BCUT2D eigenvalue weighted by Crippen LogP contribution is 2.35. The second kappa shape index (κ2) is 9.18. The zero-order chi connectivity index (χ0) is 21.0. The van der Waals surface area contributed by atoms with Crippen molar-refractivity contribution < 1.29 is 18.0 Å². The number of rotatable bonds is 6. The molecule has 29 heavy (non-hydrogen) atoms. The van der Waals surface area contributed by atoms with Gasteiger partial charge < -0.3 is 5.32 Å². The van der Waals surface area contributed by atoms with Crippen LogP contribution < -0.4 is 5.32 Å². The van der Waals surface area contributed by atoms with Gasteiger partial charge in [-0.1, -0.05) is 48.9 Å². The number of hydrogen-bond acceptors (Lipinski definition) is 2. The van der Waals surface area contributed by atoms with Gasteiger partial charge in [0.25, 0.3) is 5.91 Å². The van der Waals surface area contributed by atoms with E-state index in [1.54, 1.807) is 0 Å². The summed E-state index contributed by atoms with van der Waals surface area (Å²) in [6.45, 7) is 3.72. The number of hydrogen-bond donors (Lipinski definition) is 1. The fourth-order valence-electron chi connectivity index (χ4n) is 3.88. The summed E-state index contributed by atoms with van der Waals surface area (Å²) in [7, 11) is 0. The van der Waals surface area contributed by atoms with Crippen molar-refractivity contribution in [3.05, 3.63) is 70.2 Å². The molecular weight excluding hydrogens is 401 g/mol. The minimum absolute atomic E-state index is 0.0591. The standard InChI is InChI=1S/C22H24ClF3N2O/c1-2-17-9-6-12-28(17)14-20(15-7-4-3-5-8-15)27-21(29)16-10-11-19(23)18(13-16)22(24,25)26/h3-5,7-8,10-11,13,17,20H,2,6,9,12,14H2,1H3,(H,27,29)/t17-,20+/m0/s1. The zero-order valence-electron chi connectivity index (χ0n) is 16.2. The molecule has 0 saturated carbocycles. The molecule has 0 radical (unpaired) electrons. The van der Waals surface area contributed by atoms with Gasteiger partial charge in [0.2, 0.25) is 0 Å². The molecule has 1 heterocycles. The average Bonchev–Trinajstić information content (AvgIpc) is 3.14. The van der Waals surface area contributed by atoms with Gasteiger partial charge in [0.05, 0.1) is 16.6 Å². The maximum absolute atomic E-state index is 13.1. The fourth-order valence-corrected chi connectivity index (χ4v) is 4.10. The van der Waals surface area contributed by atoms with E-state index in [-0.39, 0.29) is 11.6 Å². The van der Waals surface area contributed by atoms with Gasteiger partial charge in [-0.2, -0.15) is 13.2 Å². The Morgan fingerprint density at radius 3 is 2.62 bits per heavy atom. The number of carbonyl (C=O) groups is 1. The van der Waals surface area contributed by atoms with Gasteiger partial charge in [0.15, 0.2) is 0 Å². The lowest BCUT2D eigenvalue weighted by molar-refractivity contribution is -0.137. The van der Waals surface area contributed by atoms with Crippen molar-refractivity contribution in [2.45, 2.75) is 44.4 Å². The van der Waals surface area contributed by atoms with Gasteiger partial charge in [-0.3, -0.25) is 9.69 Å². The van der Waals surface area contributed by atoms with Crippen molar-refractivity contribution in [3.8, 4) is 0 Å². The van der Waals surface area contributed by atoms with Crippen LogP contribution in [0, 0.1) is 0 Å². The molecular formula is C22H24ClF3N2O. The molecule has 3 nitrogen and oxygen atoms in total. The van der Waals surface area contributed by atoms with Crippen LogP contribution in [0.1, 0.15) is 53.7 Å². The van der Waals surface area contributed by atoms with Gasteiger partial charge in [-0.15, -0.1) is 0 Å². The first-order chi connectivity index (χ1) is 13.8. The topological polar surface area (TPSA) is 32.3 Å². The Hall–Kier alpha value is -2.05. The number of halogens is 4. The maximum Gasteiger partial charge on any atom is 0.417 e. The van der Waals surface area contributed by atoms with Gasteiger partial charge >= 0.3 is 6.18 Å². The minimum Gasteiger partial charge on any atom is -0.344 e. The van der Waals surface area contributed by atoms with Crippen LogP contribution in [0.15, 0.2) is 48.5 Å². The Morgan fingerprint density at radius 2 is 1.97 bits per heavy atom. The third-order valence-electron chi connectivity index (χ3n) is 5.43. The highest BCUT2D eigenvalue weighted by molar-refractivity contribution is 6.31. The second-order valence-corrected chi connectivity index (χ2v) is 7.74. The van der Waals surface area contributed by atoms with Gasteiger partial charge in [-0.05, 0) is 49.6 Å². The lowest BCUT2D eigenvalue weighted by Gasteiger charge is -2.29. The van der Waals surface area contributed by atoms with Crippen LogP contribution in [-0.4, -0.2) is 29.9 Å². The molecule has 1 amide bonds. The van der Waals surface area contributed by atoms with E-state index in [0.717, 1.165) is 43.5 Å². The second-order valence-electron chi connectivity index (χ2n) is 7.33. The molecule has 1 saturated heterocycles. The predicted molar refractivity (Wildman–Crippen MR) is 108 cm³/mol. The number of amides is 1. The normalized spacial score (nSPS) is 18.6. The van der Waals surface area contributed by atoms with E-state index in [2.05, 4.69) is 17.1 Å². The molecule has 156 valence electrons. The SMILES string of the molecule is CC[C@H]1CCCN1C[C@@H](NC(=O)c1ccc(Cl)c(C(F)(F)F)c1)c1ccccc1. The molecule has 2 aromatic carbocycles. The van der Waals surface area contributed by atoms with Crippen LogP contribution in [0.25, 0.3) is 0 Å². The predicted octanol–water partition coefficient (Wildman–Crippen LogP) is 5.70. The fraction of sp³-hybridized carbons (Fsp3) is 0.409. The first-order valence-corrected chi connectivity index (χ1v) is 10.1. The molecule has 3 rings (SSSR count). The van der Waals surface area contributed by atoms with Crippen molar-refractivity contribution >= 4 is 17.5 Å². The molecule has 1 N–H and O–H groups in total. The minimum atomic E-state index is -4.61. The Bertz CT molecular complexity index is 842. The Labute approximate surface area is 173 Å². The van der Waals surface area contributed by atoms with Crippen LogP contribution >= 0.6 is 11.6 Å². The van der Waals surface area contributed by atoms with Crippen molar-refractivity contribution in [1.82, 2.24) is 10.2 Å². The third kappa shape index (κ3) is 5.31. The van der Waals surface area contributed by atoms with E-state index in [1.165, 1.54) is 6.07 Å². The van der Waals surface area contributed by atoms with Gasteiger partial charge in [0.1, 0.15) is 0 Å². The molecule has 0 aromatic heterocycles. The highest BCUT2D eigenvalue weighted by Gasteiger charge is 2.34. The molecule has 0 unspecified atom stereocenters. The maximum atomic E-state index is 13.1. The molecule has 1 aliphatic heterocycles.